The molecule has 2 aromatic carbocycles. The molecule has 4 heteroatoms. The van der Waals surface area contributed by atoms with Gasteiger partial charge in [-0.25, -0.2) is 4.39 Å². The summed E-state index contributed by atoms with van der Waals surface area (Å²) in [6.45, 7) is 0. The summed E-state index contributed by atoms with van der Waals surface area (Å²) in [5.41, 5.74) is 0.565. The lowest BCUT2D eigenvalue weighted by Crippen LogP contribution is -2.17. The van der Waals surface area contributed by atoms with Gasteiger partial charge < -0.3 is 10.4 Å². The number of aliphatic hydroxyl groups is 1. The van der Waals surface area contributed by atoms with Crippen LogP contribution < -0.4 is 5.32 Å². The number of hydrogen-bond acceptors (Lipinski definition) is 2. The Hall–Kier alpha value is -1.94. The number of aliphatic hydroxyl groups excluding tert-OH is 1. The molecule has 17 heavy (non-hydrogen) atoms. The lowest BCUT2D eigenvalue weighted by molar-refractivity contribution is 0.0964. The van der Waals surface area contributed by atoms with Gasteiger partial charge in [0.05, 0.1) is 0 Å². The van der Waals surface area contributed by atoms with Crippen molar-refractivity contribution in [3.8, 4) is 0 Å². The molecule has 0 heterocycles. The van der Waals surface area contributed by atoms with Crippen molar-refractivity contribution in [1.29, 1.82) is 0 Å². The highest BCUT2D eigenvalue weighted by Gasteiger charge is 2.07. The normalized spacial score (nSPS) is 9.41. The first-order chi connectivity index (χ1) is 8.22. The van der Waals surface area contributed by atoms with Crippen molar-refractivity contribution in [1.82, 2.24) is 5.32 Å². The number of rotatable bonds is 1. The molecule has 0 aliphatic carbocycles. The summed E-state index contributed by atoms with van der Waals surface area (Å²) < 4.78 is 13.0. The van der Waals surface area contributed by atoms with Crippen LogP contribution in [0.2, 0.25) is 0 Å². The number of nitrogens with one attached hydrogen (secondary N) is 1. The molecule has 2 rings (SSSR count). The number of benzene rings is 2. The fourth-order valence-corrected chi connectivity index (χ4v) is 1.59. The highest BCUT2D eigenvalue weighted by Crippen LogP contribution is 2.19. The van der Waals surface area contributed by atoms with E-state index in [4.69, 9.17) is 5.11 Å². The smallest absolute Gasteiger partial charge is 0.251 e. The van der Waals surface area contributed by atoms with Gasteiger partial charge >= 0.3 is 0 Å². The van der Waals surface area contributed by atoms with E-state index in [0.717, 1.165) is 17.9 Å². The Labute approximate surface area is 98.9 Å². The molecule has 0 bridgehead atoms. The largest absolute Gasteiger partial charge is 0.400 e. The van der Waals surface area contributed by atoms with Crippen molar-refractivity contribution in [3.05, 3.63) is 47.8 Å². The van der Waals surface area contributed by atoms with Crippen LogP contribution in [0.25, 0.3) is 10.8 Å². The Morgan fingerprint density at radius 1 is 1.24 bits per heavy atom. The summed E-state index contributed by atoms with van der Waals surface area (Å²) in [6, 6.07) is 9.64. The molecule has 0 aliphatic heterocycles. The molecule has 0 spiro atoms. The van der Waals surface area contributed by atoms with Crippen molar-refractivity contribution >= 4 is 16.7 Å². The first-order valence-corrected chi connectivity index (χ1v) is 5.07. The molecule has 3 nitrogen and oxygen atoms in total. The van der Waals surface area contributed by atoms with Crippen LogP contribution in [0.4, 0.5) is 4.39 Å². The summed E-state index contributed by atoms with van der Waals surface area (Å²) in [5, 5.41) is 11.1. The van der Waals surface area contributed by atoms with Crippen molar-refractivity contribution in [2.24, 2.45) is 0 Å². The summed E-state index contributed by atoms with van der Waals surface area (Å²) in [5.74, 6) is -0.455. The second-order valence-electron chi connectivity index (χ2n) is 3.25. The van der Waals surface area contributed by atoms with Gasteiger partial charge in [-0.15, -0.1) is 0 Å². The molecule has 0 aliphatic rings. The Morgan fingerprint density at radius 3 is 2.59 bits per heavy atom. The molecule has 0 atom stereocenters. The van der Waals surface area contributed by atoms with Crippen LogP contribution >= 0.6 is 0 Å². The van der Waals surface area contributed by atoms with Gasteiger partial charge in [0.1, 0.15) is 5.82 Å². The Balaban J connectivity index is 0.000000686. The molecule has 0 saturated heterocycles. The fraction of sp³-hybridized carbons (Fsp3) is 0.154. The Bertz CT molecular complexity index is 526. The summed E-state index contributed by atoms with van der Waals surface area (Å²) >= 11 is 0. The monoisotopic (exact) mass is 235 g/mol. The van der Waals surface area contributed by atoms with Crippen LogP contribution in [-0.2, 0) is 0 Å². The van der Waals surface area contributed by atoms with Gasteiger partial charge in [-0.1, -0.05) is 18.2 Å². The van der Waals surface area contributed by atoms with E-state index in [9.17, 15) is 9.18 Å². The summed E-state index contributed by atoms with van der Waals surface area (Å²) in [4.78, 5) is 11.5. The topological polar surface area (TPSA) is 49.3 Å². The van der Waals surface area contributed by atoms with Gasteiger partial charge in [-0.05, 0) is 29.0 Å². The maximum absolute atomic E-state index is 13.0. The fourth-order valence-electron chi connectivity index (χ4n) is 1.59. The number of fused-ring (bicyclic) bond motifs is 1. The maximum Gasteiger partial charge on any atom is 0.251 e. The molecule has 0 radical (unpaired) electrons. The minimum Gasteiger partial charge on any atom is -0.400 e. The van der Waals surface area contributed by atoms with E-state index in [1.807, 2.05) is 0 Å². The molecule has 2 aromatic rings. The Kier molecular flexibility index (Phi) is 4.60. The lowest BCUT2D eigenvalue weighted by atomic mass is 10.0. The summed E-state index contributed by atoms with van der Waals surface area (Å²) in [7, 11) is 2.57. The molecule has 0 aromatic heterocycles. The van der Waals surface area contributed by atoms with Crippen LogP contribution in [0.5, 0.6) is 0 Å². The third-order valence-corrected chi connectivity index (χ3v) is 2.31. The lowest BCUT2D eigenvalue weighted by Gasteiger charge is -2.04. The van der Waals surface area contributed by atoms with Crippen LogP contribution in [0.3, 0.4) is 0 Å². The zero-order valence-corrected chi connectivity index (χ0v) is 9.70. The predicted molar refractivity (Wildman–Crippen MR) is 65.4 cm³/mol. The van der Waals surface area contributed by atoms with Gasteiger partial charge in [0.15, 0.2) is 0 Å². The number of amides is 1. The third-order valence-electron chi connectivity index (χ3n) is 2.31. The van der Waals surface area contributed by atoms with E-state index in [1.165, 1.54) is 12.1 Å². The summed E-state index contributed by atoms with van der Waals surface area (Å²) in [6.07, 6.45) is 0. The quantitative estimate of drug-likeness (QED) is 0.793. The molecule has 0 saturated carbocycles. The predicted octanol–water partition coefficient (Wildman–Crippen LogP) is 1.95. The minimum absolute atomic E-state index is 0.160. The Morgan fingerprint density at radius 2 is 1.94 bits per heavy atom. The van der Waals surface area contributed by atoms with E-state index >= 15 is 0 Å². The highest BCUT2D eigenvalue weighted by molar-refractivity contribution is 6.06. The molecule has 90 valence electrons. The molecule has 2 N–H and O–H groups in total. The van der Waals surface area contributed by atoms with Gasteiger partial charge in [0, 0.05) is 19.7 Å². The minimum atomic E-state index is -0.295. The molecule has 1 amide bonds. The zero-order valence-electron chi connectivity index (χ0n) is 9.70. The molecule has 0 fully saturated rings. The van der Waals surface area contributed by atoms with Crippen LogP contribution in [0.15, 0.2) is 36.4 Å². The van der Waals surface area contributed by atoms with Crippen LogP contribution in [0.1, 0.15) is 10.4 Å². The van der Waals surface area contributed by atoms with E-state index in [-0.39, 0.29) is 11.7 Å². The van der Waals surface area contributed by atoms with Crippen molar-refractivity contribution in [3.63, 3.8) is 0 Å². The number of carbonyl (C=O) groups excluding carboxylic acids is 1. The first-order valence-electron chi connectivity index (χ1n) is 5.07. The maximum atomic E-state index is 13.0. The van der Waals surface area contributed by atoms with Crippen molar-refractivity contribution < 1.29 is 14.3 Å². The van der Waals surface area contributed by atoms with Gasteiger partial charge in [0.25, 0.3) is 5.91 Å². The average molecular weight is 235 g/mol. The van der Waals surface area contributed by atoms with Crippen LogP contribution in [0, 0.1) is 5.82 Å². The molecular formula is C13H14FNO2. The van der Waals surface area contributed by atoms with Gasteiger partial charge in [-0.2, -0.15) is 0 Å². The van der Waals surface area contributed by atoms with E-state index in [0.29, 0.717) is 5.56 Å². The van der Waals surface area contributed by atoms with E-state index in [1.54, 1.807) is 31.3 Å². The number of hydrogen-bond donors (Lipinski definition) is 2. The van der Waals surface area contributed by atoms with Crippen LogP contribution in [-0.4, -0.2) is 25.2 Å². The second-order valence-corrected chi connectivity index (χ2v) is 3.25. The zero-order chi connectivity index (χ0) is 12.8. The standard InChI is InChI=1S/C12H10FNO.CH4O/c1-14-12(15)11-4-2-3-8-7-9(13)5-6-10(8)11;1-2/h2-7H,1H3,(H,14,15);2H,1H3. The van der Waals surface area contributed by atoms with Gasteiger partial charge in [-0.3, -0.25) is 4.79 Å². The third kappa shape index (κ3) is 2.79. The van der Waals surface area contributed by atoms with Gasteiger partial charge in [0.2, 0.25) is 0 Å². The van der Waals surface area contributed by atoms with E-state index in [2.05, 4.69) is 5.32 Å². The average Bonchev–Trinajstić information content (AvgIpc) is 2.39. The second kappa shape index (κ2) is 5.96. The van der Waals surface area contributed by atoms with Crippen molar-refractivity contribution in [2.45, 2.75) is 0 Å². The number of carbonyl (C=O) groups is 1. The molecule has 0 unspecified atom stereocenters. The highest BCUT2D eigenvalue weighted by atomic mass is 19.1. The van der Waals surface area contributed by atoms with E-state index < -0.39 is 0 Å². The SMILES string of the molecule is CNC(=O)c1cccc2cc(F)ccc12.CO. The molecular weight excluding hydrogens is 221 g/mol. The van der Waals surface area contributed by atoms with Crippen molar-refractivity contribution in [2.75, 3.05) is 14.2 Å². The first kappa shape index (κ1) is 13.1. The number of halogens is 1.